The van der Waals surface area contributed by atoms with Crippen LogP contribution in [0.2, 0.25) is 0 Å². The number of aryl methyl sites for hydroxylation is 1. The van der Waals surface area contributed by atoms with Crippen LogP contribution in [0, 0.1) is 6.92 Å². The number of anilines is 1. The second-order valence-corrected chi connectivity index (χ2v) is 6.29. The van der Waals surface area contributed by atoms with Gasteiger partial charge in [-0.25, -0.2) is 13.6 Å². The minimum atomic E-state index is -3.77. The summed E-state index contributed by atoms with van der Waals surface area (Å²) < 4.78 is 22.6. The van der Waals surface area contributed by atoms with Crippen LogP contribution in [-0.2, 0) is 14.8 Å². The summed E-state index contributed by atoms with van der Waals surface area (Å²) >= 11 is 0. The van der Waals surface area contributed by atoms with Gasteiger partial charge in [-0.1, -0.05) is 13.0 Å². The van der Waals surface area contributed by atoms with Crippen LogP contribution in [0.5, 0.6) is 0 Å². The fourth-order valence-corrected chi connectivity index (χ4v) is 2.35. The minimum absolute atomic E-state index is 0.0156. The number of sulfonamides is 1. The van der Waals surface area contributed by atoms with Gasteiger partial charge in [0.1, 0.15) is 0 Å². The van der Waals surface area contributed by atoms with Gasteiger partial charge in [-0.2, -0.15) is 0 Å². The van der Waals surface area contributed by atoms with Crippen molar-refractivity contribution in [1.82, 2.24) is 5.32 Å². The van der Waals surface area contributed by atoms with Crippen molar-refractivity contribution in [2.45, 2.75) is 38.1 Å². The van der Waals surface area contributed by atoms with E-state index in [1.165, 1.54) is 12.1 Å². The predicted molar refractivity (Wildman–Crippen MR) is 78.9 cm³/mol. The summed E-state index contributed by atoms with van der Waals surface area (Å²) in [6.07, 6.45) is 0.312. The third-order valence-corrected chi connectivity index (χ3v) is 3.77. The first-order chi connectivity index (χ1) is 9.24. The molecule has 112 valence electrons. The SMILES string of the molecule is CCNC(C)CC(=O)Nc1cc(S(N)(=O)=O)ccc1C. The number of carbonyl (C=O) groups is 1. The minimum Gasteiger partial charge on any atom is -0.326 e. The lowest BCUT2D eigenvalue weighted by atomic mass is 10.2. The number of nitrogens with one attached hydrogen (secondary N) is 2. The predicted octanol–water partition coefficient (Wildman–Crippen LogP) is 0.969. The zero-order valence-corrected chi connectivity index (χ0v) is 12.8. The topological polar surface area (TPSA) is 101 Å². The van der Waals surface area contributed by atoms with Crippen LogP contribution in [0.1, 0.15) is 25.8 Å². The Hall–Kier alpha value is -1.44. The van der Waals surface area contributed by atoms with Gasteiger partial charge in [0.2, 0.25) is 15.9 Å². The second kappa shape index (κ2) is 6.83. The number of amides is 1. The van der Waals surface area contributed by atoms with Gasteiger partial charge in [0.15, 0.2) is 0 Å². The van der Waals surface area contributed by atoms with Crippen LogP contribution < -0.4 is 15.8 Å². The van der Waals surface area contributed by atoms with Crippen LogP contribution >= 0.6 is 0 Å². The maximum Gasteiger partial charge on any atom is 0.238 e. The molecular formula is C13H21N3O3S. The molecule has 0 radical (unpaired) electrons. The first-order valence-electron chi connectivity index (χ1n) is 6.40. The van der Waals surface area contributed by atoms with Crippen molar-refractivity contribution >= 4 is 21.6 Å². The number of benzene rings is 1. The van der Waals surface area contributed by atoms with Crippen molar-refractivity contribution in [3.05, 3.63) is 23.8 Å². The lowest BCUT2D eigenvalue weighted by Gasteiger charge is -2.14. The van der Waals surface area contributed by atoms with E-state index in [4.69, 9.17) is 5.14 Å². The molecule has 1 aromatic rings. The summed E-state index contributed by atoms with van der Waals surface area (Å²) in [6.45, 7) is 6.45. The summed E-state index contributed by atoms with van der Waals surface area (Å²) in [5, 5.41) is 10.9. The van der Waals surface area contributed by atoms with E-state index in [2.05, 4.69) is 10.6 Å². The van der Waals surface area contributed by atoms with Crippen molar-refractivity contribution in [2.24, 2.45) is 5.14 Å². The van der Waals surface area contributed by atoms with Gasteiger partial charge in [-0.05, 0) is 38.1 Å². The highest BCUT2D eigenvalue weighted by Crippen LogP contribution is 2.19. The van der Waals surface area contributed by atoms with E-state index < -0.39 is 10.0 Å². The summed E-state index contributed by atoms with van der Waals surface area (Å²) in [7, 11) is -3.77. The molecule has 0 bridgehead atoms. The average molecular weight is 299 g/mol. The molecule has 0 saturated carbocycles. The Labute approximate surface area is 119 Å². The van der Waals surface area contributed by atoms with Crippen LogP contribution in [0.15, 0.2) is 23.1 Å². The number of hydrogen-bond donors (Lipinski definition) is 3. The van der Waals surface area contributed by atoms with Crippen molar-refractivity contribution in [3.63, 3.8) is 0 Å². The number of hydrogen-bond acceptors (Lipinski definition) is 4. The summed E-state index contributed by atoms with van der Waals surface area (Å²) in [5.74, 6) is -0.173. The van der Waals surface area contributed by atoms with Crippen molar-refractivity contribution in [2.75, 3.05) is 11.9 Å². The first kappa shape index (κ1) is 16.6. The molecule has 1 rings (SSSR count). The largest absolute Gasteiger partial charge is 0.326 e. The Morgan fingerprint density at radius 1 is 1.40 bits per heavy atom. The van der Waals surface area contributed by atoms with Crippen LogP contribution in [-0.4, -0.2) is 26.9 Å². The Kier molecular flexibility index (Phi) is 5.67. The smallest absolute Gasteiger partial charge is 0.238 e. The van der Waals surface area contributed by atoms with E-state index in [1.54, 1.807) is 13.0 Å². The Morgan fingerprint density at radius 3 is 2.60 bits per heavy atom. The summed E-state index contributed by atoms with van der Waals surface area (Å²) in [6, 6.07) is 4.47. The Bertz CT molecular complexity index is 585. The number of rotatable bonds is 6. The molecule has 0 aliphatic heterocycles. The fraction of sp³-hybridized carbons (Fsp3) is 0.462. The molecule has 0 spiro atoms. The summed E-state index contributed by atoms with van der Waals surface area (Å²) in [5.41, 5.74) is 1.24. The molecular weight excluding hydrogens is 278 g/mol. The van der Waals surface area contributed by atoms with Crippen LogP contribution in [0.4, 0.5) is 5.69 Å². The number of primary sulfonamides is 1. The van der Waals surface area contributed by atoms with Crippen molar-refractivity contribution in [3.8, 4) is 0 Å². The zero-order valence-electron chi connectivity index (χ0n) is 11.9. The molecule has 1 atom stereocenters. The molecule has 4 N–H and O–H groups in total. The Balaban J connectivity index is 2.84. The standard InChI is InChI=1S/C13H21N3O3S/c1-4-15-10(3)7-13(17)16-12-8-11(20(14,18)19)6-5-9(12)2/h5-6,8,10,15H,4,7H2,1-3H3,(H,16,17)(H2,14,18,19). The molecule has 20 heavy (non-hydrogen) atoms. The van der Waals surface area contributed by atoms with Gasteiger partial charge in [0.05, 0.1) is 4.90 Å². The van der Waals surface area contributed by atoms with Gasteiger partial charge in [0, 0.05) is 18.2 Å². The van der Waals surface area contributed by atoms with Gasteiger partial charge in [-0.3, -0.25) is 4.79 Å². The molecule has 0 saturated heterocycles. The molecule has 1 aromatic carbocycles. The van der Waals surface area contributed by atoms with Crippen LogP contribution in [0.25, 0.3) is 0 Å². The Morgan fingerprint density at radius 2 is 2.05 bits per heavy atom. The maximum absolute atomic E-state index is 11.9. The quantitative estimate of drug-likeness (QED) is 0.728. The van der Waals surface area contributed by atoms with Gasteiger partial charge >= 0.3 is 0 Å². The molecule has 1 amide bonds. The molecule has 7 heteroatoms. The highest BCUT2D eigenvalue weighted by atomic mass is 32.2. The second-order valence-electron chi connectivity index (χ2n) is 4.73. The highest BCUT2D eigenvalue weighted by Gasteiger charge is 2.13. The molecule has 6 nitrogen and oxygen atoms in total. The molecule has 1 unspecified atom stereocenters. The molecule has 0 heterocycles. The maximum atomic E-state index is 11.9. The zero-order chi connectivity index (χ0) is 15.3. The van der Waals surface area contributed by atoms with Gasteiger partial charge in [0.25, 0.3) is 0 Å². The monoisotopic (exact) mass is 299 g/mol. The molecule has 0 aromatic heterocycles. The van der Waals surface area contributed by atoms with E-state index in [1.807, 2.05) is 13.8 Å². The summed E-state index contributed by atoms with van der Waals surface area (Å²) in [4.78, 5) is 11.9. The molecule has 0 fully saturated rings. The average Bonchev–Trinajstić information content (AvgIpc) is 2.30. The van der Waals surface area contributed by atoms with E-state index in [9.17, 15) is 13.2 Å². The van der Waals surface area contributed by atoms with Crippen molar-refractivity contribution < 1.29 is 13.2 Å². The lowest BCUT2D eigenvalue weighted by Crippen LogP contribution is -2.30. The van der Waals surface area contributed by atoms with E-state index in [-0.39, 0.29) is 16.8 Å². The first-order valence-corrected chi connectivity index (χ1v) is 7.95. The fourth-order valence-electron chi connectivity index (χ4n) is 1.81. The van der Waals surface area contributed by atoms with E-state index >= 15 is 0 Å². The molecule has 0 aliphatic rings. The van der Waals surface area contributed by atoms with E-state index in [0.717, 1.165) is 12.1 Å². The van der Waals surface area contributed by atoms with Gasteiger partial charge < -0.3 is 10.6 Å². The number of carbonyl (C=O) groups excluding carboxylic acids is 1. The van der Waals surface area contributed by atoms with Crippen LogP contribution in [0.3, 0.4) is 0 Å². The highest BCUT2D eigenvalue weighted by molar-refractivity contribution is 7.89. The normalized spacial score (nSPS) is 13.0. The van der Waals surface area contributed by atoms with Gasteiger partial charge in [-0.15, -0.1) is 0 Å². The van der Waals surface area contributed by atoms with Crippen molar-refractivity contribution in [1.29, 1.82) is 0 Å². The number of nitrogens with two attached hydrogens (primary N) is 1. The third kappa shape index (κ3) is 4.92. The third-order valence-electron chi connectivity index (χ3n) is 2.86. The van der Waals surface area contributed by atoms with E-state index in [0.29, 0.717) is 12.1 Å². The lowest BCUT2D eigenvalue weighted by molar-refractivity contribution is -0.116. The molecule has 0 aliphatic carbocycles.